The minimum atomic E-state index is -0.598. The summed E-state index contributed by atoms with van der Waals surface area (Å²) in [4.78, 5) is 1.10. The molecule has 1 atom stereocenters. The number of hydrogen-bond acceptors (Lipinski definition) is 3. The molecule has 0 fully saturated rings. The van der Waals surface area contributed by atoms with Crippen LogP contribution in [0.5, 0.6) is 5.75 Å². The number of thioether (sulfide) groups is 1. The molecule has 0 radical (unpaired) electrons. The van der Waals surface area contributed by atoms with Crippen LogP contribution in [0.2, 0.25) is 0 Å². The Labute approximate surface area is 118 Å². The first-order valence-corrected chi connectivity index (χ1v) is 7.52. The molecule has 2 rings (SSSR count). The lowest BCUT2D eigenvalue weighted by Crippen LogP contribution is -2.01. The molecule has 0 aliphatic rings. The van der Waals surface area contributed by atoms with E-state index in [4.69, 9.17) is 4.74 Å². The monoisotopic (exact) mass is 274 g/mol. The van der Waals surface area contributed by atoms with Gasteiger partial charge in [-0.25, -0.2) is 0 Å². The Bertz CT molecular complexity index is 523. The molecule has 0 amide bonds. The zero-order chi connectivity index (χ0) is 13.7. The highest BCUT2D eigenvalue weighted by Crippen LogP contribution is 2.30. The average Bonchev–Trinajstić information content (AvgIpc) is 2.47. The number of aliphatic hydroxyl groups is 1. The minimum absolute atomic E-state index is 0.598. The lowest BCUT2D eigenvalue weighted by atomic mass is 10.0. The number of aliphatic hydroxyl groups excluding tert-OH is 1. The first kappa shape index (κ1) is 14.0. The maximum atomic E-state index is 10.5. The highest BCUT2D eigenvalue weighted by atomic mass is 32.2. The molecule has 2 aromatic rings. The van der Waals surface area contributed by atoms with Crippen molar-refractivity contribution in [2.45, 2.75) is 17.9 Å². The summed E-state index contributed by atoms with van der Waals surface area (Å²) in [6.45, 7) is 2.61. The summed E-state index contributed by atoms with van der Waals surface area (Å²) in [6, 6.07) is 15.5. The smallest absolute Gasteiger partial charge is 0.119 e. The maximum absolute atomic E-state index is 10.5. The molecule has 0 saturated heterocycles. The summed E-state index contributed by atoms with van der Waals surface area (Å²) < 4.78 is 5.41. The molecule has 0 spiro atoms. The molecular weight excluding hydrogens is 256 g/mol. The van der Waals surface area contributed by atoms with Gasteiger partial charge in [0.05, 0.1) is 6.61 Å². The van der Waals surface area contributed by atoms with Gasteiger partial charge < -0.3 is 9.84 Å². The molecule has 19 heavy (non-hydrogen) atoms. The molecule has 0 aromatic heterocycles. The molecule has 1 N–H and O–H groups in total. The van der Waals surface area contributed by atoms with Crippen molar-refractivity contribution in [1.82, 2.24) is 0 Å². The fourth-order valence-electron chi connectivity index (χ4n) is 1.98. The number of hydrogen-bond donors (Lipinski definition) is 1. The molecule has 0 heterocycles. The van der Waals surface area contributed by atoms with Crippen molar-refractivity contribution in [3.05, 3.63) is 59.7 Å². The van der Waals surface area contributed by atoms with Gasteiger partial charge in [0, 0.05) is 4.90 Å². The molecule has 2 aromatic carbocycles. The lowest BCUT2D eigenvalue weighted by molar-refractivity contribution is 0.217. The molecule has 0 aliphatic heterocycles. The van der Waals surface area contributed by atoms with Crippen LogP contribution in [-0.4, -0.2) is 18.0 Å². The highest BCUT2D eigenvalue weighted by Gasteiger charge is 2.13. The van der Waals surface area contributed by atoms with E-state index in [1.165, 1.54) is 0 Å². The van der Waals surface area contributed by atoms with Crippen molar-refractivity contribution in [2.75, 3.05) is 12.9 Å². The van der Waals surface area contributed by atoms with Crippen LogP contribution in [0.3, 0.4) is 0 Å². The van der Waals surface area contributed by atoms with Crippen molar-refractivity contribution in [1.29, 1.82) is 0 Å². The summed E-state index contributed by atoms with van der Waals surface area (Å²) in [5.41, 5.74) is 1.82. The van der Waals surface area contributed by atoms with Crippen LogP contribution < -0.4 is 4.74 Å². The predicted molar refractivity (Wildman–Crippen MR) is 79.9 cm³/mol. The minimum Gasteiger partial charge on any atom is -0.494 e. The van der Waals surface area contributed by atoms with Gasteiger partial charge in [0.15, 0.2) is 0 Å². The van der Waals surface area contributed by atoms with Gasteiger partial charge in [-0.3, -0.25) is 0 Å². The number of benzene rings is 2. The van der Waals surface area contributed by atoms with Crippen LogP contribution >= 0.6 is 11.8 Å². The Balaban J connectivity index is 2.25. The van der Waals surface area contributed by atoms with Crippen molar-refractivity contribution in [3.8, 4) is 5.75 Å². The standard InChI is InChI=1S/C16H18O2S/c1-3-18-13-10-8-12(9-11-13)16(17)14-6-4-5-7-15(14)19-2/h4-11,16-17H,3H2,1-2H3. The third kappa shape index (κ3) is 3.31. The molecule has 0 bridgehead atoms. The van der Waals surface area contributed by atoms with Gasteiger partial charge in [0.25, 0.3) is 0 Å². The van der Waals surface area contributed by atoms with Crippen molar-refractivity contribution < 1.29 is 9.84 Å². The number of rotatable bonds is 5. The SMILES string of the molecule is CCOc1ccc(C(O)c2ccccc2SC)cc1. The second kappa shape index (κ2) is 6.64. The zero-order valence-corrected chi connectivity index (χ0v) is 12.0. The fraction of sp³-hybridized carbons (Fsp3) is 0.250. The molecule has 0 saturated carbocycles. The fourth-order valence-corrected chi connectivity index (χ4v) is 2.61. The van der Waals surface area contributed by atoms with E-state index in [1.807, 2.05) is 61.7 Å². The van der Waals surface area contributed by atoms with Crippen LogP contribution in [0.1, 0.15) is 24.2 Å². The van der Waals surface area contributed by atoms with Gasteiger partial charge in [-0.05, 0) is 42.5 Å². The van der Waals surface area contributed by atoms with Gasteiger partial charge in [0.2, 0.25) is 0 Å². The van der Waals surface area contributed by atoms with Gasteiger partial charge >= 0.3 is 0 Å². The average molecular weight is 274 g/mol. The largest absolute Gasteiger partial charge is 0.494 e. The topological polar surface area (TPSA) is 29.5 Å². The molecule has 2 nitrogen and oxygen atoms in total. The van der Waals surface area contributed by atoms with Gasteiger partial charge in [-0.1, -0.05) is 30.3 Å². The summed E-state index contributed by atoms with van der Waals surface area (Å²) in [5.74, 6) is 0.830. The van der Waals surface area contributed by atoms with Crippen LogP contribution in [0.15, 0.2) is 53.4 Å². The molecular formula is C16H18O2S. The summed E-state index contributed by atoms with van der Waals surface area (Å²) in [7, 11) is 0. The van der Waals surface area contributed by atoms with E-state index in [-0.39, 0.29) is 0 Å². The quantitative estimate of drug-likeness (QED) is 0.839. The highest BCUT2D eigenvalue weighted by molar-refractivity contribution is 7.98. The molecule has 100 valence electrons. The summed E-state index contributed by atoms with van der Waals surface area (Å²) >= 11 is 1.65. The van der Waals surface area contributed by atoms with Crippen LogP contribution in [0.4, 0.5) is 0 Å². The van der Waals surface area contributed by atoms with Crippen molar-refractivity contribution >= 4 is 11.8 Å². The maximum Gasteiger partial charge on any atom is 0.119 e. The van der Waals surface area contributed by atoms with Crippen LogP contribution in [-0.2, 0) is 0 Å². The Hall–Kier alpha value is -1.45. The second-order valence-electron chi connectivity index (χ2n) is 4.15. The first-order valence-electron chi connectivity index (χ1n) is 6.30. The Morgan fingerprint density at radius 2 is 1.79 bits per heavy atom. The van der Waals surface area contributed by atoms with E-state index in [9.17, 15) is 5.11 Å². The molecule has 0 aliphatic carbocycles. The first-order chi connectivity index (χ1) is 9.26. The summed E-state index contributed by atoms with van der Waals surface area (Å²) in [6.07, 6.45) is 1.42. The molecule has 3 heteroatoms. The summed E-state index contributed by atoms with van der Waals surface area (Å²) in [5, 5.41) is 10.5. The van der Waals surface area contributed by atoms with E-state index in [1.54, 1.807) is 11.8 Å². The Morgan fingerprint density at radius 3 is 2.42 bits per heavy atom. The van der Waals surface area contributed by atoms with E-state index in [2.05, 4.69) is 0 Å². The molecule has 1 unspecified atom stereocenters. The van der Waals surface area contributed by atoms with Gasteiger partial charge in [-0.15, -0.1) is 11.8 Å². The van der Waals surface area contributed by atoms with Crippen molar-refractivity contribution in [2.24, 2.45) is 0 Å². The third-order valence-corrected chi connectivity index (χ3v) is 3.75. The van der Waals surface area contributed by atoms with Crippen molar-refractivity contribution in [3.63, 3.8) is 0 Å². The van der Waals surface area contributed by atoms with Crippen LogP contribution in [0, 0.1) is 0 Å². The third-order valence-electron chi connectivity index (χ3n) is 2.94. The van der Waals surface area contributed by atoms with Gasteiger partial charge in [-0.2, -0.15) is 0 Å². The van der Waals surface area contributed by atoms with E-state index >= 15 is 0 Å². The Kier molecular flexibility index (Phi) is 4.88. The zero-order valence-electron chi connectivity index (χ0n) is 11.2. The number of ether oxygens (including phenoxy) is 1. The van der Waals surface area contributed by atoms with E-state index in [0.717, 1.165) is 21.8 Å². The van der Waals surface area contributed by atoms with Gasteiger partial charge in [0.1, 0.15) is 11.9 Å². The Morgan fingerprint density at radius 1 is 1.11 bits per heavy atom. The van der Waals surface area contributed by atoms with E-state index < -0.39 is 6.10 Å². The lowest BCUT2D eigenvalue weighted by Gasteiger charge is -2.15. The van der Waals surface area contributed by atoms with E-state index in [0.29, 0.717) is 6.61 Å². The second-order valence-corrected chi connectivity index (χ2v) is 4.99. The van der Waals surface area contributed by atoms with Crippen LogP contribution in [0.25, 0.3) is 0 Å². The predicted octanol–water partition coefficient (Wildman–Crippen LogP) is 3.89. The normalized spacial score (nSPS) is 12.2.